The van der Waals surface area contributed by atoms with Crippen LogP contribution in [0.3, 0.4) is 0 Å². The van der Waals surface area contributed by atoms with E-state index in [0.29, 0.717) is 18.7 Å². The van der Waals surface area contributed by atoms with Crippen molar-refractivity contribution < 1.29 is 9.53 Å². The van der Waals surface area contributed by atoms with Crippen LogP contribution in [0.15, 0.2) is 36.9 Å². The van der Waals surface area contributed by atoms with E-state index < -0.39 is 0 Å². The van der Waals surface area contributed by atoms with E-state index in [4.69, 9.17) is 4.74 Å². The molecule has 2 heterocycles. The topological polar surface area (TPSA) is 56.2 Å². The second-order valence-electron chi connectivity index (χ2n) is 5.05. The molecule has 0 spiro atoms. The summed E-state index contributed by atoms with van der Waals surface area (Å²) in [5, 5.41) is 3.00. The average molecular weight is 271 g/mol. The number of hydrogen-bond acceptors (Lipinski definition) is 3. The van der Waals surface area contributed by atoms with Gasteiger partial charge in [0.1, 0.15) is 5.75 Å². The van der Waals surface area contributed by atoms with Crippen molar-refractivity contribution >= 4 is 5.91 Å². The highest BCUT2D eigenvalue weighted by molar-refractivity contribution is 5.94. The Morgan fingerprint density at radius 2 is 2.45 bits per heavy atom. The van der Waals surface area contributed by atoms with Gasteiger partial charge in [-0.15, -0.1) is 0 Å². The molecule has 1 atom stereocenters. The third-order valence-electron chi connectivity index (χ3n) is 3.37. The molecule has 0 unspecified atom stereocenters. The zero-order valence-corrected chi connectivity index (χ0v) is 11.4. The van der Waals surface area contributed by atoms with Crippen molar-refractivity contribution in [2.45, 2.75) is 25.9 Å². The molecule has 0 bridgehead atoms. The maximum atomic E-state index is 12.2. The summed E-state index contributed by atoms with van der Waals surface area (Å²) in [5.74, 6) is 0.848. The Morgan fingerprint density at radius 1 is 1.55 bits per heavy atom. The van der Waals surface area contributed by atoms with E-state index in [-0.39, 0.29) is 11.9 Å². The van der Waals surface area contributed by atoms with Crippen molar-refractivity contribution in [1.29, 1.82) is 0 Å². The van der Waals surface area contributed by atoms with Crippen molar-refractivity contribution in [2.75, 3.05) is 6.61 Å². The Morgan fingerprint density at radius 3 is 3.25 bits per heavy atom. The molecule has 0 aliphatic carbocycles. The molecule has 5 heteroatoms. The lowest BCUT2D eigenvalue weighted by atomic mass is 10.1. The van der Waals surface area contributed by atoms with E-state index >= 15 is 0 Å². The van der Waals surface area contributed by atoms with Crippen molar-refractivity contribution in [3.05, 3.63) is 48.0 Å². The monoisotopic (exact) mass is 271 g/mol. The largest absolute Gasteiger partial charge is 0.493 e. The average Bonchev–Trinajstić information content (AvgIpc) is 3.07. The first kappa shape index (κ1) is 12.7. The number of fused-ring (bicyclic) bond motifs is 1. The number of amides is 1. The van der Waals surface area contributed by atoms with E-state index in [1.807, 2.05) is 35.9 Å². The van der Waals surface area contributed by atoms with Gasteiger partial charge in [0.05, 0.1) is 12.9 Å². The Bertz CT molecular complexity index is 608. The van der Waals surface area contributed by atoms with Crippen molar-refractivity contribution in [3.63, 3.8) is 0 Å². The first-order valence-corrected chi connectivity index (χ1v) is 6.75. The maximum absolute atomic E-state index is 12.2. The van der Waals surface area contributed by atoms with Gasteiger partial charge < -0.3 is 14.6 Å². The Kier molecular flexibility index (Phi) is 3.41. The molecular formula is C15H17N3O2. The molecule has 0 radical (unpaired) electrons. The van der Waals surface area contributed by atoms with Crippen LogP contribution in [-0.4, -0.2) is 28.1 Å². The molecule has 1 N–H and O–H groups in total. The van der Waals surface area contributed by atoms with Gasteiger partial charge in [-0.1, -0.05) is 0 Å². The molecule has 5 nitrogen and oxygen atoms in total. The smallest absolute Gasteiger partial charge is 0.251 e. The van der Waals surface area contributed by atoms with Gasteiger partial charge in [0.25, 0.3) is 5.91 Å². The summed E-state index contributed by atoms with van der Waals surface area (Å²) >= 11 is 0. The number of nitrogens with one attached hydrogen (secondary N) is 1. The first-order chi connectivity index (χ1) is 9.72. The normalized spacial score (nSPS) is 14.4. The molecule has 0 fully saturated rings. The first-order valence-electron chi connectivity index (χ1n) is 6.75. The molecule has 104 valence electrons. The molecular weight excluding hydrogens is 254 g/mol. The summed E-state index contributed by atoms with van der Waals surface area (Å²) in [6.07, 6.45) is 6.24. The fourth-order valence-electron chi connectivity index (χ4n) is 2.39. The van der Waals surface area contributed by atoms with Gasteiger partial charge in [0.15, 0.2) is 0 Å². The molecule has 1 aliphatic heterocycles. The van der Waals surface area contributed by atoms with Crippen LogP contribution in [0, 0.1) is 0 Å². The van der Waals surface area contributed by atoms with E-state index in [1.165, 1.54) is 0 Å². The summed E-state index contributed by atoms with van der Waals surface area (Å²) < 4.78 is 7.39. The number of carbonyl (C=O) groups is 1. The highest BCUT2D eigenvalue weighted by atomic mass is 16.5. The highest BCUT2D eigenvalue weighted by Gasteiger charge is 2.16. The van der Waals surface area contributed by atoms with Gasteiger partial charge in [-0.3, -0.25) is 4.79 Å². The van der Waals surface area contributed by atoms with Gasteiger partial charge in [-0.05, 0) is 30.7 Å². The lowest BCUT2D eigenvalue weighted by Crippen LogP contribution is -2.35. The number of rotatable bonds is 4. The van der Waals surface area contributed by atoms with Crippen LogP contribution < -0.4 is 10.1 Å². The van der Waals surface area contributed by atoms with Crippen LogP contribution in [0.4, 0.5) is 0 Å². The predicted octanol–water partition coefficient (Wildman–Crippen LogP) is 1.64. The summed E-state index contributed by atoms with van der Waals surface area (Å²) in [4.78, 5) is 16.2. The Balaban J connectivity index is 1.64. The Labute approximate surface area is 117 Å². The molecule has 1 aromatic carbocycles. The third kappa shape index (κ3) is 2.66. The number of nitrogens with zero attached hydrogens (tertiary/aromatic N) is 2. The van der Waals surface area contributed by atoms with Gasteiger partial charge in [-0.25, -0.2) is 4.98 Å². The lowest BCUT2D eigenvalue weighted by Gasteiger charge is -2.14. The lowest BCUT2D eigenvalue weighted by molar-refractivity contribution is 0.0936. The molecule has 2 aromatic rings. The van der Waals surface area contributed by atoms with Crippen LogP contribution >= 0.6 is 0 Å². The molecule has 3 rings (SSSR count). The van der Waals surface area contributed by atoms with E-state index in [0.717, 1.165) is 17.7 Å². The van der Waals surface area contributed by atoms with Crippen LogP contribution in [0.5, 0.6) is 5.75 Å². The number of imidazole rings is 1. The molecule has 1 aliphatic rings. The van der Waals surface area contributed by atoms with Crippen LogP contribution in [0.1, 0.15) is 22.8 Å². The Hall–Kier alpha value is -2.30. The van der Waals surface area contributed by atoms with E-state index in [9.17, 15) is 4.79 Å². The minimum absolute atomic E-state index is 0.0428. The summed E-state index contributed by atoms with van der Waals surface area (Å²) in [6.45, 7) is 3.39. The molecule has 1 amide bonds. The molecule has 1 aromatic heterocycles. The van der Waals surface area contributed by atoms with Crippen molar-refractivity contribution in [1.82, 2.24) is 14.9 Å². The molecule has 20 heavy (non-hydrogen) atoms. The van der Waals surface area contributed by atoms with Gasteiger partial charge >= 0.3 is 0 Å². The minimum Gasteiger partial charge on any atom is -0.493 e. The number of aromatic nitrogens is 2. The summed E-state index contributed by atoms with van der Waals surface area (Å²) in [5.41, 5.74) is 1.80. The van der Waals surface area contributed by atoms with Crippen molar-refractivity contribution in [3.8, 4) is 5.75 Å². The number of benzene rings is 1. The standard InChI is InChI=1S/C15H17N3O2/c1-11(9-18-6-5-16-10-18)17-15(19)13-2-3-14-12(8-13)4-7-20-14/h2-3,5-6,8,10-11H,4,7,9H2,1H3,(H,17,19)/t11-/m1/s1. The quantitative estimate of drug-likeness (QED) is 0.919. The van der Waals surface area contributed by atoms with Crippen LogP contribution in [0.2, 0.25) is 0 Å². The summed E-state index contributed by atoms with van der Waals surface area (Å²) in [6, 6.07) is 5.64. The SMILES string of the molecule is C[C@H](Cn1ccnc1)NC(=O)c1ccc2c(c1)CCO2. The van der Waals surface area contributed by atoms with Gasteiger partial charge in [0, 0.05) is 37.0 Å². The van der Waals surface area contributed by atoms with Gasteiger partial charge in [0.2, 0.25) is 0 Å². The fourth-order valence-corrected chi connectivity index (χ4v) is 2.39. The molecule has 0 saturated carbocycles. The van der Waals surface area contributed by atoms with E-state index in [2.05, 4.69) is 10.3 Å². The number of hydrogen-bond donors (Lipinski definition) is 1. The summed E-state index contributed by atoms with van der Waals surface area (Å²) in [7, 11) is 0. The predicted molar refractivity (Wildman–Crippen MR) is 74.8 cm³/mol. The van der Waals surface area contributed by atoms with Crippen LogP contribution in [0.25, 0.3) is 0 Å². The highest BCUT2D eigenvalue weighted by Crippen LogP contribution is 2.25. The van der Waals surface area contributed by atoms with Crippen molar-refractivity contribution in [2.24, 2.45) is 0 Å². The molecule has 0 saturated heterocycles. The minimum atomic E-state index is -0.0488. The fraction of sp³-hybridized carbons (Fsp3) is 0.333. The second-order valence-corrected chi connectivity index (χ2v) is 5.05. The maximum Gasteiger partial charge on any atom is 0.251 e. The third-order valence-corrected chi connectivity index (χ3v) is 3.37. The number of carbonyl (C=O) groups excluding carboxylic acids is 1. The zero-order chi connectivity index (χ0) is 13.9. The zero-order valence-electron chi connectivity index (χ0n) is 11.4. The van der Waals surface area contributed by atoms with E-state index in [1.54, 1.807) is 12.5 Å². The second kappa shape index (κ2) is 5.36. The van der Waals surface area contributed by atoms with Crippen LogP contribution in [-0.2, 0) is 13.0 Å². The van der Waals surface area contributed by atoms with Gasteiger partial charge in [-0.2, -0.15) is 0 Å². The number of ether oxygens (including phenoxy) is 1.